The summed E-state index contributed by atoms with van der Waals surface area (Å²) >= 11 is 0. The van der Waals surface area contributed by atoms with Crippen LogP contribution in [-0.4, -0.2) is 20.4 Å². The van der Waals surface area contributed by atoms with Crippen molar-refractivity contribution in [3.63, 3.8) is 0 Å². The van der Waals surface area contributed by atoms with Crippen LogP contribution in [0.15, 0.2) is 61.2 Å². The van der Waals surface area contributed by atoms with Gasteiger partial charge in [-0.2, -0.15) is 0 Å². The molecule has 0 aliphatic rings. The third kappa shape index (κ3) is 3.91. The maximum Gasteiger partial charge on any atom is 0.322 e. The first kappa shape index (κ1) is 14.7. The average Bonchev–Trinajstić information content (AvgIpc) is 3.04. The smallest absolute Gasteiger partial charge is 0.322 e. The van der Waals surface area contributed by atoms with Gasteiger partial charge in [-0.3, -0.25) is 4.79 Å². The van der Waals surface area contributed by atoms with Gasteiger partial charge in [0.2, 0.25) is 5.91 Å². The number of ether oxygens (including phenoxy) is 1. The van der Waals surface area contributed by atoms with Gasteiger partial charge in [0.1, 0.15) is 6.54 Å². The molecule has 0 spiro atoms. The van der Waals surface area contributed by atoms with Gasteiger partial charge in [-0.1, -0.05) is 12.1 Å². The molecule has 2 heterocycles. The molecule has 3 rings (SSSR count). The fourth-order valence-corrected chi connectivity index (χ4v) is 1.90. The highest BCUT2D eigenvalue weighted by Gasteiger charge is 2.07. The first-order valence-electron chi connectivity index (χ1n) is 6.86. The largest absolute Gasteiger partial charge is 0.421 e. The van der Waals surface area contributed by atoms with Crippen molar-refractivity contribution in [2.24, 2.45) is 0 Å². The highest BCUT2D eigenvalue weighted by Crippen LogP contribution is 2.21. The summed E-state index contributed by atoms with van der Waals surface area (Å²) in [6.07, 6.45) is 6.39. The maximum atomic E-state index is 13.5. The van der Waals surface area contributed by atoms with E-state index in [1.807, 2.05) is 12.1 Å². The highest BCUT2D eigenvalue weighted by atomic mass is 19.1. The third-order valence-corrected chi connectivity index (χ3v) is 2.94. The molecule has 0 unspecified atom stereocenters. The first-order valence-corrected chi connectivity index (χ1v) is 6.86. The number of halogens is 1. The minimum Gasteiger partial charge on any atom is -0.421 e. The minimum absolute atomic E-state index is 0.00138. The molecule has 1 amide bonds. The van der Waals surface area contributed by atoms with Gasteiger partial charge in [0.05, 0.1) is 18.1 Å². The standard InChI is InChI=1S/C16H13FN4O2/c17-13-5-1-2-6-14(13)23-16-18-9-12(10-19-16)20-15(22)11-21-7-3-4-8-21/h1-10H,11H2,(H,20,22). The Bertz CT molecular complexity index is 788. The van der Waals surface area contributed by atoms with Crippen LogP contribution in [0, 0.1) is 5.82 Å². The molecule has 7 heteroatoms. The second-order valence-corrected chi connectivity index (χ2v) is 4.69. The Balaban J connectivity index is 1.61. The lowest BCUT2D eigenvalue weighted by molar-refractivity contribution is -0.116. The van der Waals surface area contributed by atoms with Crippen molar-refractivity contribution in [2.75, 3.05) is 5.32 Å². The molecule has 1 N–H and O–H groups in total. The molecule has 0 saturated heterocycles. The van der Waals surface area contributed by atoms with E-state index in [2.05, 4.69) is 15.3 Å². The van der Waals surface area contributed by atoms with E-state index in [1.54, 1.807) is 29.1 Å². The number of nitrogens with zero attached hydrogens (tertiary/aromatic N) is 3. The fourth-order valence-electron chi connectivity index (χ4n) is 1.90. The van der Waals surface area contributed by atoms with E-state index in [9.17, 15) is 9.18 Å². The number of carbonyl (C=O) groups excluding carboxylic acids is 1. The third-order valence-electron chi connectivity index (χ3n) is 2.94. The summed E-state index contributed by atoms with van der Waals surface area (Å²) in [4.78, 5) is 19.7. The lowest BCUT2D eigenvalue weighted by Crippen LogP contribution is -2.18. The molecular formula is C16H13FN4O2. The van der Waals surface area contributed by atoms with Crippen LogP contribution in [0.2, 0.25) is 0 Å². The normalized spacial score (nSPS) is 10.3. The second-order valence-electron chi connectivity index (χ2n) is 4.69. The Labute approximate surface area is 131 Å². The highest BCUT2D eigenvalue weighted by molar-refractivity contribution is 5.90. The monoisotopic (exact) mass is 312 g/mol. The number of amides is 1. The van der Waals surface area contributed by atoms with Crippen molar-refractivity contribution < 1.29 is 13.9 Å². The van der Waals surface area contributed by atoms with E-state index in [-0.39, 0.29) is 24.2 Å². The molecule has 0 saturated carbocycles. The molecule has 0 bridgehead atoms. The number of hydrogen-bond acceptors (Lipinski definition) is 4. The van der Waals surface area contributed by atoms with E-state index in [1.165, 1.54) is 24.5 Å². The van der Waals surface area contributed by atoms with Gasteiger partial charge in [0.15, 0.2) is 11.6 Å². The van der Waals surface area contributed by atoms with Crippen LogP contribution >= 0.6 is 0 Å². The van der Waals surface area contributed by atoms with Gasteiger partial charge in [-0.05, 0) is 24.3 Å². The Morgan fingerprint density at radius 3 is 2.52 bits per heavy atom. The second kappa shape index (κ2) is 6.69. The lowest BCUT2D eigenvalue weighted by Gasteiger charge is -2.07. The van der Waals surface area contributed by atoms with Gasteiger partial charge in [-0.15, -0.1) is 0 Å². The number of carbonyl (C=O) groups is 1. The maximum absolute atomic E-state index is 13.5. The zero-order valence-corrected chi connectivity index (χ0v) is 12.0. The summed E-state index contributed by atoms with van der Waals surface area (Å²) in [5.74, 6) is -0.662. The lowest BCUT2D eigenvalue weighted by atomic mass is 10.3. The first-order chi connectivity index (χ1) is 11.2. The molecule has 0 aliphatic carbocycles. The summed E-state index contributed by atoms with van der Waals surface area (Å²) in [7, 11) is 0. The van der Waals surface area contributed by atoms with Crippen molar-refractivity contribution in [3.8, 4) is 11.8 Å². The summed E-state index contributed by atoms with van der Waals surface area (Å²) in [6.45, 7) is 0.195. The summed E-state index contributed by atoms with van der Waals surface area (Å²) in [5, 5.41) is 2.67. The van der Waals surface area contributed by atoms with E-state index in [0.29, 0.717) is 5.69 Å². The number of nitrogens with one attached hydrogen (secondary N) is 1. The van der Waals surface area contributed by atoms with E-state index in [0.717, 1.165) is 0 Å². The summed E-state index contributed by atoms with van der Waals surface area (Å²) in [5.41, 5.74) is 0.433. The van der Waals surface area contributed by atoms with Gasteiger partial charge in [-0.25, -0.2) is 14.4 Å². The number of rotatable bonds is 5. The SMILES string of the molecule is O=C(Cn1cccc1)Nc1cnc(Oc2ccccc2F)nc1. The molecule has 2 aromatic heterocycles. The van der Waals surface area contributed by atoms with Crippen LogP contribution in [0.5, 0.6) is 11.8 Å². The van der Waals surface area contributed by atoms with Crippen LogP contribution in [-0.2, 0) is 11.3 Å². The topological polar surface area (TPSA) is 69.0 Å². The van der Waals surface area contributed by atoms with Crippen molar-refractivity contribution in [1.82, 2.24) is 14.5 Å². The van der Waals surface area contributed by atoms with Crippen molar-refractivity contribution in [3.05, 3.63) is 67.0 Å². The molecule has 0 fully saturated rings. The molecule has 0 atom stereocenters. The fraction of sp³-hybridized carbons (Fsp3) is 0.0625. The van der Waals surface area contributed by atoms with Gasteiger partial charge in [0.25, 0.3) is 0 Å². The zero-order chi connectivity index (χ0) is 16.1. The Hall–Kier alpha value is -3.22. The van der Waals surface area contributed by atoms with E-state index in [4.69, 9.17) is 4.74 Å². The van der Waals surface area contributed by atoms with Gasteiger partial charge in [0, 0.05) is 12.4 Å². The van der Waals surface area contributed by atoms with Crippen molar-refractivity contribution in [1.29, 1.82) is 0 Å². The minimum atomic E-state index is -0.500. The van der Waals surface area contributed by atoms with Crippen LogP contribution < -0.4 is 10.1 Å². The van der Waals surface area contributed by atoms with Crippen LogP contribution in [0.25, 0.3) is 0 Å². The number of para-hydroxylation sites is 1. The summed E-state index contributed by atoms with van der Waals surface area (Å²) < 4.78 is 20.4. The molecule has 0 aliphatic heterocycles. The molecular weight excluding hydrogens is 299 g/mol. The predicted octanol–water partition coefficient (Wildman–Crippen LogP) is 2.85. The predicted molar refractivity (Wildman–Crippen MR) is 81.6 cm³/mol. The van der Waals surface area contributed by atoms with E-state index >= 15 is 0 Å². The molecule has 1 aromatic carbocycles. The molecule has 6 nitrogen and oxygen atoms in total. The molecule has 116 valence electrons. The number of aromatic nitrogens is 3. The number of benzene rings is 1. The van der Waals surface area contributed by atoms with Crippen molar-refractivity contribution >= 4 is 11.6 Å². The van der Waals surface area contributed by atoms with E-state index < -0.39 is 5.82 Å². The van der Waals surface area contributed by atoms with Crippen LogP contribution in [0.1, 0.15) is 0 Å². The molecule has 3 aromatic rings. The molecule has 23 heavy (non-hydrogen) atoms. The van der Waals surface area contributed by atoms with Crippen molar-refractivity contribution in [2.45, 2.75) is 6.54 Å². The zero-order valence-electron chi connectivity index (χ0n) is 12.0. The van der Waals surface area contributed by atoms with Gasteiger partial charge >= 0.3 is 6.01 Å². The van der Waals surface area contributed by atoms with Gasteiger partial charge < -0.3 is 14.6 Å². The average molecular weight is 312 g/mol. The Kier molecular flexibility index (Phi) is 4.28. The number of anilines is 1. The summed E-state index contributed by atoms with van der Waals surface area (Å²) in [6, 6.07) is 9.65. The Morgan fingerprint density at radius 2 is 1.83 bits per heavy atom. The number of hydrogen-bond donors (Lipinski definition) is 1. The Morgan fingerprint density at radius 1 is 1.13 bits per heavy atom. The van der Waals surface area contributed by atoms with Crippen LogP contribution in [0.4, 0.5) is 10.1 Å². The quantitative estimate of drug-likeness (QED) is 0.786. The molecule has 0 radical (unpaired) electrons. The van der Waals surface area contributed by atoms with Crippen LogP contribution in [0.3, 0.4) is 0 Å².